The Labute approximate surface area is 143 Å². The van der Waals surface area contributed by atoms with Crippen molar-refractivity contribution >= 4 is 5.91 Å². The molecule has 1 saturated heterocycles. The van der Waals surface area contributed by atoms with Crippen LogP contribution in [0.3, 0.4) is 0 Å². The molecule has 0 spiro atoms. The number of benzene rings is 1. The third-order valence-corrected chi connectivity index (χ3v) is 4.74. The van der Waals surface area contributed by atoms with E-state index in [0.717, 1.165) is 30.7 Å². The predicted octanol–water partition coefficient (Wildman–Crippen LogP) is 3.27. The number of piperidine rings is 1. The molecular weight excluding hydrogens is 302 g/mol. The van der Waals surface area contributed by atoms with E-state index in [1.54, 1.807) is 0 Å². The molecule has 3 rings (SSSR count). The van der Waals surface area contributed by atoms with Crippen LogP contribution in [0.2, 0.25) is 0 Å². The van der Waals surface area contributed by atoms with Gasteiger partial charge >= 0.3 is 0 Å². The molecule has 24 heavy (non-hydrogen) atoms. The van der Waals surface area contributed by atoms with Crippen molar-refractivity contribution in [2.45, 2.75) is 46.1 Å². The van der Waals surface area contributed by atoms with Crippen molar-refractivity contribution < 1.29 is 9.53 Å². The first-order valence-electron chi connectivity index (χ1n) is 8.64. The van der Waals surface area contributed by atoms with Crippen LogP contribution in [0.25, 0.3) is 0 Å². The van der Waals surface area contributed by atoms with Crippen LogP contribution in [-0.4, -0.2) is 40.2 Å². The molecule has 5 nitrogen and oxygen atoms in total. The molecular formula is C19H25N3O2. The van der Waals surface area contributed by atoms with Gasteiger partial charge in [-0.25, -0.2) is 0 Å². The summed E-state index contributed by atoms with van der Waals surface area (Å²) in [5.74, 6) is 0.929. The molecule has 1 N–H and O–H groups in total. The Morgan fingerprint density at radius 3 is 2.62 bits per heavy atom. The van der Waals surface area contributed by atoms with Gasteiger partial charge in [0.2, 0.25) is 0 Å². The lowest BCUT2D eigenvalue weighted by Crippen LogP contribution is -2.41. The van der Waals surface area contributed by atoms with Crippen molar-refractivity contribution in [3.8, 4) is 5.75 Å². The van der Waals surface area contributed by atoms with E-state index in [0.29, 0.717) is 18.8 Å². The van der Waals surface area contributed by atoms with E-state index in [1.165, 1.54) is 11.1 Å². The smallest absolute Gasteiger partial charge is 0.274 e. The second-order valence-electron chi connectivity index (χ2n) is 6.49. The summed E-state index contributed by atoms with van der Waals surface area (Å²) in [6.45, 7) is 7.66. The zero-order valence-electron chi connectivity index (χ0n) is 14.6. The van der Waals surface area contributed by atoms with Gasteiger partial charge in [-0.3, -0.25) is 9.89 Å². The standard InChI is InChI=1S/C19H25N3O2/c1-4-15-12-18(21-20-15)19(23)22-9-7-16(8-10-22)24-17-6-5-13(2)14(3)11-17/h5-6,11-12,16H,4,7-10H2,1-3H3,(H,20,21). The first kappa shape index (κ1) is 16.6. The molecule has 0 saturated carbocycles. The summed E-state index contributed by atoms with van der Waals surface area (Å²) >= 11 is 0. The summed E-state index contributed by atoms with van der Waals surface area (Å²) in [5.41, 5.74) is 4.02. The summed E-state index contributed by atoms with van der Waals surface area (Å²) in [4.78, 5) is 14.3. The van der Waals surface area contributed by atoms with Crippen LogP contribution < -0.4 is 4.74 Å². The zero-order chi connectivity index (χ0) is 17.1. The summed E-state index contributed by atoms with van der Waals surface area (Å²) in [7, 11) is 0. The molecule has 0 radical (unpaired) electrons. The van der Waals surface area contributed by atoms with Gasteiger partial charge in [-0.05, 0) is 49.6 Å². The largest absolute Gasteiger partial charge is 0.490 e. The first-order valence-corrected chi connectivity index (χ1v) is 8.64. The van der Waals surface area contributed by atoms with E-state index in [1.807, 2.05) is 24.0 Å². The average molecular weight is 327 g/mol. The van der Waals surface area contributed by atoms with E-state index < -0.39 is 0 Å². The monoisotopic (exact) mass is 327 g/mol. The normalized spacial score (nSPS) is 15.5. The van der Waals surface area contributed by atoms with E-state index in [4.69, 9.17) is 4.74 Å². The molecule has 0 unspecified atom stereocenters. The van der Waals surface area contributed by atoms with Crippen molar-refractivity contribution in [1.82, 2.24) is 15.1 Å². The van der Waals surface area contributed by atoms with Crippen LogP contribution in [0.15, 0.2) is 24.3 Å². The van der Waals surface area contributed by atoms with Gasteiger partial charge in [0.05, 0.1) is 0 Å². The fourth-order valence-electron chi connectivity index (χ4n) is 2.97. The Morgan fingerprint density at radius 2 is 2.00 bits per heavy atom. The maximum Gasteiger partial charge on any atom is 0.274 e. The fraction of sp³-hybridized carbons (Fsp3) is 0.474. The molecule has 0 bridgehead atoms. The van der Waals surface area contributed by atoms with Crippen molar-refractivity contribution in [2.24, 2.45) is 0 Å². The zero-order valence-corrected chi connectivity index (χ0v) is 14.6. The lowest BCUT2D eigenvalue weighted by atomic mass is 10.1. The van der Waals surface area contributed by atoms with Crippen LogP contribution in [0.1, 0.15) is 47.1 Å². The topological polar surface area (TPSA) is 58.2 Å². The number of nitrogens with zero attached hydrogens (tertiary/aromatic N) is 2. The molecule has 128 valence electrons. The summed E-state index contributed by atoms with van der Waals surface area (Å²) in [6, 6.07) is 8.05. The molecule has 1 aromatic heterocycles. The Bertz CT molecular complexity index is 715. The van der Waals surface area contributed by atoms with Gasteiger partial charge < -0.3 is 9.64 Å². The Morgan fingerprint density at radius 1 is 1.25 bits per heavy atom. The Balaban J connectivity index is 1.55. The van der Waals surface area contributed by atoms with Crippen LogP contribution in [0.4, 0.5) is 0 Å². The summed E-state index contributed by atoms with van der Waals surface area (Å²) in [6.07, 6.45) is 2.72. The molecule has 1 aliphatic heterocycles. The van der Waals surface area contributed by atoms with E-state index >= 15 is 0 Å². The number of carbonyl (C=O) groups excluding carboxylic acids is 1. The summed E-state index contributed by atoms with van der Waals surface area (Å²) < 4.78 is 6.09. The SMILES string of the molecule is CCc1cc(C(=O)N2CCC(Oc3ccc(C)c(C)c3)CC2)n[nH]1. The Kier molecular flexibility index (Phi) is 4.88. The van der Waals surface area contributed by atoms with Crippen LogP contribution in [0.5, 0.6) is 5.75 Å². The molecule has 1 amide bonds. The second kappa shape index (κ2) is 7.07. The van der Waals surface area contributed by atoms with Gasteiger partial charge in [0.1, 0.15) is 17.5 Å². The minimum absolute atomic E-state index is 0.00980. The van der Waals surface area contributed by atoms with Crippen molar-refractivity contribution in [3.63, 3.8) is 0 Å². The number of H-pyrrole nitrogens is 1. The number of aryl methyl sites for hydroxylation is 3. The van der Waals surface area contributed by atoms with Gasteiger partial charge in [0.25, 0.3) is 5.91 Å². The Hall–Kier alpha value is -2.30. The van der Waals surface area contributed by atoms with Crippen molar-refractivity contribution in [1.29, 1.82) is 0 Å². The molecule has 2 heterocycles. The minimum atomic E-state index is 0.00980. The predicted molar refractivity (Wildman–Crippen MR) is 93.4 cm³/mol. The molecule has 5 heteroatoms. The second-order valence-corrected chi connectivity index (χ2v) is 6.49. The van der Waals surface area contributed by atoms with Crippen molar-refractivity contribution in [3.05, 3.63) is 46.8 Å². The van der Waals surface area contributed by atoms with Gasteiger partial charge in [0.15, 0.2) is 0 Å². The molecule has 1 fully saturated rings. The van der Waals surface area contributed by atoms with E-state index in [9.17, 15) is 4.79 Å². The lowest BCUT2D eigenvalue weighted by Gasteiger charge is -2.31. The highest BCUT2D eigenvalue weighted by Gasteiger charge is 2.26. The van der Waals surface area contributed by atoms with Crippen molar-refractivity contribution in [2.75, 3.05) is 13.1 Å². The van der Waals surface area contributed by atoms with E-state index in [-0.39, 0.29) is 12.0 Å². The number of ether oxygens (including phenoxy) is 1. The molecule has 2 aromatic rings. The highest BCUT2D eigenvalue weighted by atomic mass is 16.5. The number of likely N-dealkylation sites (tertiary alicyclic amines) is 1. The van der Waals surface area contributed by atoms with E-state index in [2.05, 4.69) is 36.2 Å². The number of hydrogen-bond donors (Lipinski definition) is 1. The minimum Gasteiger partial charge on any atom is -0.490 e. The van der Waals surface area contributed by atoms with Gasteiger partial charge in [-0.1, -0.05) is 13.0 Å². The third-order valence-electron chi connectivity index (χ3n) is 4.74. The number of rotatable bonds is 4. The third kappa shape index (κ3) is 3.61. The molecule has 0 atom stereocenters. The van der Waals surface area contributed by atoms with Crippen LogP contribution >= 0.6 is 0 Å². The molecule has 1 aromatic carbocycles. The van der Waals surface area contributed by atoms with Crippen LogP contribution in [0, 0.1) is 13.8 Å². The quantitative estimate of drug-likeness (QED) is 0.937. The molecule has 1 aliphatic rings. The van der Waals surface area contributed by atoms with Crippen LogP contribution in [-0.2, 0) is 6.42 Å². The van der Waals surface area contributed by atoms with Gasteiger partial charge in [0, 0.05) is 31.6 Å². The highest BCUT2D eigenvalue weighted by Crippen LogP contribution is 2.22. The maximum absolute atomic E-state index is 12.5. The highest BCUT2D eigenvalue weighted by molar-refractivity contribution is 5.92. The average Bonchev–Trinajstić information content (AvgIpc) is 3.07. The van der Waals surface area contributed by atoms with Gasteiger partial charge in [-0.2, -0.15) is 5.10 Å². The number of nitrogens with one attached hydrogen (secondary N) is 1. The number of aromatic amines is 1. The fourth-order valence-corrected chi connectivity index (χ4v) is 2.97. The molecule has 0 aliphatic carbocycles. The number of hydrogen-bond acceptors (Lipinski definition) is 3. The number of aromatic nitrogens is 2. The first-order chi connectivity index (χ1) is 11.6. The lowest BCUT2D eigenvalue weighted by molar-refractivity contribution is 0.0590. The number of carbonyl (C=O) groups is 1. The number of amides is 1. The van der Waals surface area contributed by atoms with Gasteiger partial charge in [-0.15, -0.1) is 0 Å². The maximum atomic E-state index is 12.5. The summed E-state index contributed by atoms with van der Waals surface area (Å²) in [5, 5.41) is 7.02.